The summed E-state index contributed by atoms with van der Waals surface area (Å²) in [5.74, 6) is 0. The highest BCUT2D eigenvalue weighted by Gasteiger charge is 2.30. The van der Waals surface area contributed by atoms with Crippen LogP contribution in [0.1, 0.15) is 41.5 Å². The molecule has 0 aliphatic heterocycles. The normalized spacial score (nSPS) is 23.2. The van der Waals surface area contributed by atoms with Gasteiger partial charge in [-0.1, -0.05) is 12.5 Å². The number of aryl methyl sites for hydroxylation is 2. The van der Waals surface area contributed by atoms with E-state index in [1.54, 1.807) is 0 Å². The maximum Gasteiger partial charge on any atom is 0.241 e. The molecule has 4 nitrogen and oxygen atoms in total. The Morgan fingerprint density at radius 1 is 1.10 bits per heavy atom. The molecule has 112 valence electrons. The van der Waals surface area contributed by atoms with Gasteiger partial charge in [-0.05, 0) is 62.8 Å². The van der Waals surface area contributed by atoms with E-state index in [1.807, 2.05) is 33.8 Å². The van der Waals surface area contributed by atoms with Crippen LogP contribution in [0, 0.1) is 27.7 Å². The van der Waals surface area contributed by atoms with E-state index in [4.69, 9.17) is 5.73 Å². The lowest BCUT2D eigenvalue weighted by Crippen LogP contribution is -2.44. The molecule has 0 saturated heterocycles. The van der Waals surface area contributed by atoms with Gasteiger partial charge in [-0.15, -0.1) is 0 Å². The molecule has 0 radical (unpaired) electrons. The van der Waals surface area contributed by atoms with Crippen LogP contribution in [-0.2, 0) is 10.0 Å². The molecule has 0 heterocycles. The molecule has 0 bridgehead atoms. The Balaban J connectivity index is 2.44. The van der Waals surface area contributed by atoms with Crippen LogP contribution >= 0.6 is 0 Å². The monoisotopic (exact) mass is 296 g/mol. The molecular formula is C15H24N2O2S. The highest BCUT2D eigenvalue weighted by atomic mass is 32.2. The van der Waals surface area contributed by atoms with Gasteiger partial charge in [0.15, 0.2) is 0 Å². The number of hydrogen-bond donors (Lipinski definition) is 2. The summed E-state index contributed by atoms with van der Waals surface area (Å²) in [5, 5.41) is 0. The third-order valence-corrected chi connectivity index (χ3v) is 6.20. The van der Waals surface area contributed by atoms with Crippen molar-refractivity contribution in [3.05, 3.63) is 28.3 Å². The van der Waals surface area contributed by atoms with Crippen molar-refractivity contribution in [3.63, 3.8) is 0 Å². The van der Waals surface area contributed by atoms with Crippen molar-refractivity contribution >= 4 is 10.0 Å². The molecule has 3 N–H and O–H groups in total. The Labute approximate surface area is 121 Å². The Hall–Kier alpha value is -0.910. The van der Waals surface area contributed by atoms with Crippen LogP contribution in [-0.4, -0.2) is 20.5 Å². The zero-order chi connectivity index (χ0) is 15.1. The van der Waals surface area contributed by atoms with Gasteiger partial charge in [-0.25, -0.2) is 13.1 Å². The molecule has 20 heavy (non-hydrogen) atoms. The number of hydrogen-bond acceptors (Lipinski definition) is 3. The summed E-state index contributed by atoms with van der Waals surface area (Å²) in [4.78, 5) is 0.425. The minimum absolute atomic E-state index is 0.0729. The lowest BCUT2D eigenvalue weighted by atomic mass is 10.0. The molecule has 0 spiro atoms. The van der Waals surface area contributed by atoms with E-state index in [0.717, 1.165) is 41.5 Å². The minimum Gasteiger partial charge on any atom is -0.326 e. The first-order chi connectivity index (χ1) is 9.24. The van der Waals surface area contributed by atoms with Crippen molar-refractivity contribution in [2.75, 3.05) is 0 Å². The topological polar surface area (TPSA) is 72.2 Å². The smallest absolute Gasteiger partial charge is 0.241 e. The first-order valence-corrected chi connectivity index (χ1v) is 8.57. The quantitative estimate of drug-likeness (QED) is 0.897. The predicted octanol–water partition coefficient (Wildman–Crippen LogP) is 2.08. The Kier molecular flexibility index (Phi) is 4.23. The standard InChI is InChI=1S/C15H24N2O2S/c1-9-8-10(2)12(4)15(11(9)3)20(18,19)17-14-7-5-6-13(14)16/h8,13-14,17H,5-7,16H2,1-4H3. The highest BCUT2D eigenvalue weighted by molar-refractivity contribution is 7.89. The van der Waals surface area contributed by atoms with Crippen molar-refractivity contribution in [3.8, 4) is 0 Å². The average Bonchev–Trinajstić information content (AvgIpc) is 2.72. The molecule has 2 unspecified atom stereocenters. The van der Waals surface area contributed by atoms with E-state index < -0.39 is 10.0 Å². The Morgan fingerprint density at radius 2 is 1.65 bits per heavy atom. The average molecular weight is 296 g/mol. The van der Waals surface area contributed by atoms with Gasteiger partial charge in [-0.3, -0.25) is 0 Å². The van der Waals surface area contributed by atoms with Crippen molar-refractivity contribution < 1.29 is 8.42 Å². The molecule has 1 aromatic rings. The predicted molar refractivity (Wildman–Crippen MR) is 81.3 cm³/mol. The molecule has 1 aliphatic carbocycles. The lowest BCUT2D eigenvalue weighted by Gasteiger charge is -2.21. The van der Waals surface area contributed by atoms with E-state index in [2.05, 4.69) is 4.72 Å². The molecule has 1 fully saturated rings. The Bertz CT molecular complexity index is 597. The van der Waals surface area contributed by atoms with E-state index in [-0.39, 0.29) is 12.1 Å². The number of sulfonamides is 1. The molecule has 1 saturated carbocycles. The lowest BCUT2D eigenvalue weighted by molar-refractivity contribution is 0.521. The van der Waals surface area contributed by atoms with E-state index in [9.17, 15) is 8.42 Å². The number of nitrogens with one attached hydrogen (secondary N) is 1. The van der Waals surface area contributed by atoms with Crippen LogP contribution < -0.4 is 10.5 Å². The fourth-order valence-corrected chi connectivity index (χ4v) is 4.91. The third-order valence-electron chi connectivity index (χ3n) is 4.44. The van der Waals surface area contributed by atoms with Gasteiger partial charge in [0.05, 0.1) is 4.90 Å². The Morgan fingerprint density at radius 3 is 2.10 bits per heavy atom. The van der Waals surface area contributed by atoms with Gasteiger partial charge < -0.3 is 5.73 Å². The van der Waals surface area contributed by atoms with Gasteiger partial charge >= 0.3 is 0 Å². The number of nitrogens with two attached hydrogens (primary N) is 1. The van der Waals surface area contributed by atoms with Crippen LogP contribution in [0.5, 0.6) is 0 Å². The van der Waals surface area contributed by atoms with Gasteiger partial charge in [0, 0.05) is 12.1 Å². The third kappa shape index (κ3) is 2.75. The minimum atomic E-state index is -3.51. The zero-order valence-corrected chi connectivity index (χ0v) is 13.5. The van der Waals surface area contributed by atoms with E-state index in [1.165, 1.54) is 0 Å². The van der Waals surface area contributed by atoms with Crippen LogP contribution in [0.3, 0.4) is 0 Å². The summed E-state index contributed by atoms with van der Waals surface area (Å²) in [7, 11) is -3.51. The fourth-order valence-electron chi connectivity index (χ4n) is 2.98. The maximum absolute atomic E-state index is 12.7. The second kappa shape index (κ2) is 5.47. The molecule has 2 rings (SSSR count). The van der Waals surface area contributed by atoms with Gasteiger partial charge in [-0.2, -0.15) is 0 Å². The van der Waals surface area contributed by atoms with Crippen molar-refractivity contribution in [1.82, 2.24) is 4.72 Å². The van der Waals surface area contributed by atoms with Gasteiger partial charge in [0.25, 0.3) is 0 Å². The molecular weight excluding hydrogens is 272 g/mol. The summed E-state index contributed by atoms with van der Waals surface area (Å²) >= 11 is 0. The molecule has 1 aliphatic rings. The fraction of sp³-hybridized carbons (Fsp3) is 0.600. The molecule has 0 amide bonds. The SMILES string of the molecule is Cc1cc(C)c(C)c(S(=O)(=O)NC2CCCC2N)c1C. The summed E-state index contributed by atoms with van der Waals surface area (Å²) in [6.45, 7) is 7.63. The van der Waals surface area contributed by atoms with Crippen LogP contribution in [0.15, 0.2) is 11.0 Å². The van der Waals surface area contributed by atoms with Crippen molar-refractivity contribution in [2.24, 2.45) is 5.73 Å². The molecule has 1 aromatic carbocycles. The first-order valence-electron chi connectivity index (χ1n) is 7.09. The number of benzene rings is 1. The van der Waals surface area contributed by atoms with E-state index in [0.29, 0.717) is 4.90 Å². The van der Waals surface area contributed by atoms with Gasteiger partial charge in [0.1, 0.15) is 0 Å². The summed E-state index contributed by atoms with van der Waals surface area (Å²) in [5.41, 5.74) is 9.63. The molecule has 0 aromatic heterocycles. The molecule has 2 atom stereocenters. The second-order valence-electron chi connectivity index (χ2n) is 5.91. The zero-order valence-electron chi connectivity index (χ0n) is 12.7. The molecule has 5 heteroatoms. The summed E-state index contributed by atoms with van der Waals surface area (Å²) < 4.78 is 28.2. The maximum atomic E-state index is 12.7. The summed E-state index contributed by atoms with van der Waals surface area (Å²) in [6.07, 6.45) is 2.69. The van der Waals surface area contributed by atoms with Crippen LogP contribution in [0.2, 0.25) is 0 Å². The van der Waals surface area contributed by atoms with Gasteiger partial charge in [0.2, 0.25) is 10.0 Å². The first kappa shape index (κ1) is 15.5. The second-order valence-corrected chi connectivity index (χ2v) is 7.56. The van der Waals surface area contributed by atoms with Crippen LogP contribution in [0.25, 0.3) is 0 Å². The summed E-state index contributed by atoms with van der Waals surface area (Å²) in [6, 6.07) is 1.82. The van der Waals surface area contributed by atoms with Crippen molar-refractivity contribution in [2.45, 2.75) is 63.9 Å². The number of rotatable bonds is 3. The largest absolute Gasteiger partial charge is 0.326 e. The highest BCUT2D eigenvalue weighted by Crippen LogP contribution is 2.27. The van der Waals surface area contributed by atoms with Crippen LogP contribution in [0.4, 0.5) is 0 Å². The van der Waals surface area contributed by atoms with E-state index >= 15 is 0 Å². The van der Waals surface area contributed by atoms with Crippen molar-refractivity contribution in [1.29, 1.82) is 0 Å².